The van der Waals surface area contributed by atoms with Gasteiger partial charge in [-0.15, -0.1) is 24.0 Å². The molecule has 0 saturated carbocycles. The lowest BCUT2D eigenvalue weighted by Crippen LogP contribution is -2.43. The second kappa shape index (κ2) is 7.06. The van der Waals surface area contributed by atoms with E-state index in [0.29, 0.717) is 19.8 Å². The molecule has 19 heavy (non-hydrogen) atoms. The molecule has 5 nitrogen and oxygen atoms in total. The van der Waals surface area contributed by atoms with Crippen molar-refractivity contribution in [1.29, 1.82) is 0 Å². The third-order valence-electron chi connectivity index (χ3n) is 3.15. The fourth-order valence-electron chi connectivity index (χ4n) is 2.36. The first kappa shape index (κ1) is 16.2. The Bertz CT molecular complexity index is 449. The number of methoxy groups -OCH3 is 1. The van der Waals surface area contributed by atoms with Gasteiger partial charge in [0, 0.05) is 7.11 Å². The first-order valence-corrected chi connectivity index (χ1v) is 5.94. The third kappa shape index (κ3) is 3.58. The number of nitrogens with two attached hydrogens (primary N) is 2. The number of halogens is 1. The highest BCUT2D eigenvalue weighted by Gasteiger charge is 2.37. The number of benzene rings is 1. The minimum Gasteiger partial charge on any atom is -0.381 e. The monoisotopic (exact) mass is 377 g/mol. The normalized spacial score (nSPS) is 21.1. The van der Waals surface area contributed by atoms with Crippen LogP contribution in [0.2, 0.25) is 0 Å². The van der Waals surface area contributed by atoms with Crippen LogP contribution in [0.15, 0.2) is 29.3 Å². The van der Waals surface area contributed by atoms with Crippen molar-refractivity contribution in [2.45, 2.75) is 12.0 Å². The molecule has 1 aliphatic rings. The molecular weight excluding hydrogens is 357 g/mol. The predicted octanol–water partition coefficient (Wildman–Crippen LogP) is 0.992. The number of rotatable bonds is 4. The molecule has 0 aliphatic carbocycles. The summed E-state index contributed by atoms with van der Waals surface area (Å²) in [6.45, 7) is 1.46. The second-order valence-electron chi connectivity index (χ2n) is 4.42. The molecule has 0 aromatic heterocycles. The van der Waals surface area contributed by atoms with E-state index < -0.39 is 5.60 Å². The first-order valence-electron chi connectivity index (χ1n) is 5.94. The molecule has 1 atom stereocenters. The third-order valence-corrected chi connectivity index (χ3v) is 3.15. The Morgan fingerprint density at radius 2 is 2.16 bits per heavy atom. The van der Waals surface area contributed by atoms with Crippen molar-refractivity contribution in [3.8, 4) is 0 Å². The Hall–Kier alpha value is -0.860. The summed E-state index contributed by atoms with van der Waals surface area (Å²) in [4.78, 5) is 4.11. The maximum absolute atomic E-state index is 5.94. The SMILES string of the molecule is COCC1(CN=C(N)N)OCCc2ccccc21.I. The Kier molecular flexibility index (Phi) is 6.02. The number of fused-ring (bicyclic) bond motifs is 1. The highest BCUT2D eigenvalue weighted by molar-refractivity contribution is 14.0. The molecule has 106 valence electrons. The zero-order valence-corrected chi connectivity index (χ0v) is 13.3. The molecule has 1 unspecified atom stereocenters. The predicted molar refractivity (Wildman–Crippen MR) is 85.7 cm³/mol. The minimum atomic E-state index is -0.576. The second-order valence-corrected chi connectivity index (χ2v) is 4.42. The number of guanidine groups is 1. The van der Waals surface area contributed by atoms with E-state index in [-0.39, 0.29) is 29.9 Å². The topological polar surface area (TPSA) is 82.9 Å². The van der Waals surface area contributed by atoms with Crippen molar-refractivity contribution < 1.29 is 9.47 Å². The standard InChI is InChI=1S/C13H19N3O2.HI/c1-17-9-13(8-16-12(14)15)11-5-3-2-4-10(11)6-7-18-13;/h2-5H,6-9H2,1H3,(H4,14,15,16);1H. The maximum atomic E-state index is 5.94. The molecule has 1 heterocycles. The lowest BCUT2D eigenvalue weighted by molar-refractivity contribution is -0.0959. The summed E-state index contributed by atoms with van der Waals surface area (Å²) in [5.74, 6) is 0.0668. The Morgan fingerprint density at radius 3 is 2.84 bits per heavy atom. The van der Waals surface area contributed by atoms with E-state index in [9.17, 15) is 0 Å². The van der Waals surface area contributed by atoms with Crippen LogP contribution in [0, 0.1) is 0 Å². The highest BCUT2D eigenvalue weighted by Crippen LogP contribution is 2.33. The molecule has 0 spiro atoms. The van der Waals surface area contributed by atoms with Gasteiger partial charge in [-0.2, -0.15) is 0 Å². The molecule has 0 fully saturated rings. The van der Waals surface area contributed by atoms with Crippen LogP contribution in [0.25, 0.3) is 0 Å². The Morgan fingerprint density at radius 1 is 1.42 bits per heavy atom. The lowest BCUT2D eigenvalue weighted by Gasteiger charge is -2.37. The molecule has 1 aromatic rings. The molecule has 0 bridgehead atoms. The molecule has 1 aromatic carbocycles. The summed E-state index contributed by atoms with van der Waals surface area (Å²) in [5.41, 5.74) is 12.6. The lowest BCUT2D eigenvalue weighted by atomic mass is 9.86. The van der Waals surface area contributed by atoms with Gasteiger partial charge in [0.15, 0.2) is 5.96 Å². The maximum Gasteiger partial charge on any atom is 0.186 e. The van der Waals surface area contributed by atoms with Crippen LogP contribution in [0.5, 0.6) is 0 Å². The minimum absolute atomic E-state index is 0. The Labute approximate surface area is 130 Å². The average Bonchev–Trinajstić information content (AvgIpc) is 2.37. The van der Waals surface area contributed by atoms with E-state index >= 15 is 0 Å². The molecule has 6 heteroatoms. The fraction of sp³-hybridized carbons (Fsp3) is 0.462. The molecule has 2 rings (SSSR count). The zero-order valence-electron chi connectivity index (χ0n) is 11.0. The largest absolute Gasteiger partial charge is 0.381 e. The van der Waals surface area contributed by atoms with E-state index in [1.54, 1.807) is 7.11 Å². The van der Waals surface area contributed by atoms with E-state index in [0.717, 1.165) is 12.0 Å². The summed E-state index contributed by atoms with van der Waals surface area (Å²) in [6.07, 6.45) is 0.906. The van der Waals surface area contributed by atoms with Crippen LogP contribution in [0.1, 0.15) is 11.1 Å². The summed E-state index contributed by atoms with van der Waals surface area (Å²) in [6, 6.07) is 8.18. The molecule has 0 saturated heterocycles. The van der Waals surface area contributed by atoms with Crippen LogP contribution in [-0.4, -0.2) is 32.8 Å². The molecule has 1 aliphatic heterocycles. The van der Waals surface area contributed by atoms with Gasteiger partial charge in [0.1, 0.15) is 5.60 Å². The van der Waals surface area contributed by atoms with E-state index in [1.165, 1.54) is 5.56 Å². The van der Waals surface area contributed by atoms with Crippen molar-refractivity contribution in [2.24, 2.45) is 16.5 Å². The van der Waals surface area contributed by atoms with Gasteiger partial charge in [0.25, 0.3) is 0 Å². The molecule has 0 amide bonds. The van der Waals surface area contributed by atoms with Gasteiger partial charge in [-0.3, -0.25) is 4.99 Å². The zero-order chi connectivity index (χ0) is 13.0. The molecule has 4 N–H and O–H groups in total. The average molecular weight is 377 g/mol. The van der Waals surface area contributed by atoms with E-state index in [1.807, 2.05) is 12.1 Å². The highest BCUT2D eigenvalue weighted by atomic mass is 127. The van der Waals surface area contributed by atoms with Crippen LogP contribution in [0.4, 0.5) is 0 Å². The first-order chi connectivity index (χ1) is 8.68. The van der Waals surface area contributed by atoms with Crippen molar-refractivity contribution in [3.63, 3.8) is 0 Å². The van der Waals surface area contributed by atoms with Gasteiger partial charge in [0.2, 0.25) is 0 Å². The number of aliphatic imine (C=N–C) groups is 1. The van der Waals surface area contributed by atoms with Gasteiger partial charge in [-0.1, -0.05) is 24.3 Å². The summed E-state index contributed by atoms with van der Waals surface area (Å²) >= 11 is 0. The number of nitrogens with zero attached hydrogens (tertiary/aromatic N) is 1. The number of ether oxygens (including phenoxy) is 2. The van der Waals surface area contributed by atoms with Crippen LogP contribution < -0.4 is 11.5 Å². The molecular formula is C13H20IN3O2. The van der Waals surface area contributed by atoms with Gasteiger partial charge in [-0.05, 0) is 17.5 Å². The van der Waals surface area contributed by atoms with Crippen molar-refractivity contribution >= 4 is 29.9 Å². The van der Waals surface area contributed by atoms with E-state index in [4.69, 9.17) is 20.9 Å². The van der Waals surface area contributed by atoms with Crippen LogP contribution >= 0.6 is 24.0 Å². The molecule has 0 radical (unpaired) electrons. The van der Waals surface area contributed by atoms with Gasteiger partial charge < -0.3 is 20.9 Å². The quantitative estimate of drug-likeness (QED) is 0.466. The van der Waals surface area contributed by atoms with Crippen molar-refractivity contribution in [1.82, 2.24) is 0 Å². The Balaban J connectivity index is 0.00000180. The fourth-order valence-corrected chi connectivity index (χ4v) is 2.36. The van der Waals surface area contributed by atoms with E-state index in [2.05, 4.69) is 17.1 Å². The number of hydrogen-bond acceptors (Lipinski definition) is 3. The van der Waals surface area contributed by atoms with Gasteiger partial charge in [0.05, 0.1) is 19.8 Å². The van der Waals surface area contributed by atoms with Crippen LogP contribution in [-0.2, 0) is 21.5 Å². The summed E-state index contributed by atoms with van der Waals surface area (Å²) in [5, 5.41) is 0. The smallest absolute Gasteiger partial charge is 0.186 e. The van der Waals surface area contributed by atoms with Gasteiger partial charge in [-0.25, -0.2) is 0 Å². The summed E-state index contributed by atoms with van der Waals surface area (Å²) < 4.78 is 11.2. The van der Waals surface area contributed by atoms with Crippen molar-refractivity contribution in [3.05, 3.63) is 35.4 Å². The van der Waals surface area contributed by atoms with Gasteiger partial charge >= 0.3 is 0 Å². The van der Waals surface area contributed by atoms with Crippen molar-refractivity contribution in [2.75, 3.05) is 26.9 Å². The number of hydrogen-bond donors (Lipinski definition) is 2. The van der Waals surface area contributed by atoms with Crippen LogP contribution in [0.3, 0.4) is 0 Å². The summed E-state index contributed by atoms with van der Waals surface area (Å²) in [7, 11) is 1.65.